The van der Waals surface area contributed by atoms with Crippen molar-refractivity contribution in [2.45, 2.75) is 6.42 Å². The van der Waals surface area contributed by atoms with E-state index >= 15 is 0 Å². The van der Waals surface area contributed by atoms with Gasteiger partial charge in [0.15, 0.2) is 0 Å². The van der Waals surface area contributed by atoms with Crippen LogP contribution in [-0.2, 0) is 4.74 Å². The third-order valence-electron chi connectivity index (χ3n) is 5.02. The summed E-state index contributed by atoms with van der Waals surface area (Å²) in [4.78, 5) is 17.8. The minimum Gasteiger partial charge on any atom is -0.465 e. The van der Waals surface area contributed by atoms with Gasteiger partial charge in [0.1, 0.15) is 5.82 Å². The average Bonchev–Trinajstić information content (AvgIpc) is 3.24. The average molecular weight is 458 g/mol. The molecule has 0 bridgehead atoms. The lowest BCUT2D eigenvalue weighted by atomic mass is 9.93. The molecule has 0 spiro atoms. The van der Waals surface area contributed by atoms with Crippen molar-refractivity contribution in [3.05, 3.63) is 89.3 Å². The number of hydrogen-bond acceptors (Lipinski definition) is 5. The normalized spacial score (nSPS) is 10.4. The number of methoxy groups -OCH3 is 1. The van der Waals surface area contributed by atoms with Crippen LogP contribution >= 0.6 is 11.3 Å². The fraction of sp³-hybridized carbons (Fsp3) is 0.111. The highest BCUT2D eigenvalue weighted by Gasteiger charge is 2.22. The molecule has 2 aromatic carbocycles. The number of aliphatic hydroxyl groups excluding tert-OH is 1. The lowest BCUT2D eigenvalue weighted by Crippen LogP contribution is -2.00. The fourth-order valence-electron chi connectivity index (χ4n) is 3.48. The Morgan fingerprint density at radius 1 is 0.970 bits per heavy atom. The Morgan fingerprint density at radius 3 is 2.24 bits per heavy atom. The lowest BCUT2D eigenvalue weighted by molar-refractivity contribution is 0.0600. The number of esters is 1. The molecule has 0 aliphatic carbocycles. The Hall–Kier alpha value is -3.79. The number of nitrogens with zero attached hydrogens (tertiary/aromatic N) is 1. The number of hydrogen-bond donors (Lipinski definition) is 1. The standard InChI is InChI=1S/C27H20FNO3S/c1-32-27(31)21-7-5-18(6-8-21)24-23(4-2-3-17-30)33-26(20-9-11-22(28)12-10-20)25(24)19-13-15-29-16-14-19/h5-16,30H,3,17H2,1H3. The highest BCUT2D eigenvalue weighted by atomic mass is 32.1. The number of halogens is 1. The van der Waals surface area contributed by atoms with Crippen molar-refractivity contribution in [1.29, 1.82) is 0 Å². The number of carbonyl (C=O) groups excluding carboxylic acids is 1. The zero-order valence-electron chi connectivity index (χ0n) is 17.8. The number of thiophene rings is 1. The van der Waals surface area contributed by atoms with Crippen LogP contribution in [0.5, 0.6) is 0 Å². The van der Waals surface area contributed by atoms with Gasteiger partial charge >= 0.3 is 5.97 Å². The van der Waals surface area contributed by atoms with Gasteiger partial charge in [-0.25, -0.2) is 9.18 Å². The molecule has 1 N–H and O–H groups in total. The van der Waals surface area contributed by atoms with Crippen LogP contribution in [0.3, 0.4) is 0 Å². The number of aliphatic hydroxyl groups is 1. The van der Waals surface area contributed by atoms with Gasteiger partial charge in [-0.05, 0) is 53.1 Å². The second-order valence-electron chi connectivity index (χ2n) is 7.10. The zero-order valence-corrected chi connectivity index (χ0v) is 18.7. The highest BCUT2D eigenvalue weighted by molar-refractivity contribution is 7.17. The van der Waals surface area contributed by atoms with Crippen molar-refractivity contribution in [2.24, 2.45) is 0 Å². The predicted molar refractivity (Wildman–Crippen MR) is 128 cm³/mol. The smallest absolute Gasteiger partial charge is 0.337 e. The van der Waals surface area contributed by atoms with Gasteiger partial charge in [-0.15, -0.1) is 11.3 Å². The first kappa shape index (κ1) is 22.4. The van der Waals surface area contributed by atoms with E-state index in [9.17, 15) is 14.3 Å². The number of benzene rings is 2. The Bertz CT molecular complexity index is 1320. The maximum atomic E-state index is 13.6. The van der Waals surface area contributed by atoms with E-state index in [1.807, 2.05) is 24.3 Å². The molecule has 4 nitrogen and oxygen atoms in total. The molecule has 0 fully saturated rings. The van der Waals surface area contributed by atoms with Gasteiger partial charge in [0, 0.05) is 34.8 Å². The van der Waals surface area contributed by atoms with Crippen molar-refractivity contribution >= 4 is 17.3 Å². The van der Waals surface area contributed by atoms with Gasteiger partial charge in [-0.3, -0.25) is 4.98 Å². The molecule has 4 aromatic rings. The van der Waals surface area contributed by atoms with Gasteiger partial charge < -0.3 is 9.84 Å². The van der Waals surface area contributed by atoms with E-state index in [-0.39, 0.29) is 12.4 Å². The van der Waals surface area contributed by atoms with Gasteiger partial charge in [0.2, 0.25) is 0 Å². The molecule has 0 unspecified atom stereocenters. The van der Waals surface area contributed by atoms with E-state index < -0.39 is 5.97 Å². The third-order valence-corrected chi connectivity index (χ3v) is 6.17. The molecule has 6 heteroatoms. The zero-order chi connectivity index (χ0) is 23.2. The third kappa shape index (κ3) is 4.85. The fourth-order valence-corrected chi connectivity index (χ4v) is 4.71. The van der Waals surface area contributed by atoms with Crippen LogP contribution in [0.25, 0.3) is 32.7 Å². The molecule has 0 radical (unpaired) electrons. The topological polar surface area (TPSA) is 59.4 Å². The molecule has 0 aliphatic heterocycles. The van der Waals surface area contributed by atoms with Crippen LogP contribution in [-0.4, -0.2) is 29.8 Å². The number of ether oxygens (including phenoxy) is 1. The van der Waals surface area contributed by atoms with Gasteiger partial charge in [0.05, 0.1) is 24.2 Å². The molecule has 164 valence electrons. The van der Waals surface area contributed by atoms with E-state index in [2.05, 4.69) is 16.8 Å². The molecule has 2 heterocycles. The van der Waals surface area contributed by atoms with Crippen LogP contribution in [0.15, 0.2) is 73.1 Å². The van der Waals surface area contributed by atoms with E-state index in [4.69, 9.17) is 4.74 Å². The molecule has 0 saturated carbocycles. The van der Waals surface area contributed by atoms with Crippen molar-refractivity contribution < 1.29 is 19.0 Å². The second kappa shape index (κ2) is 10.2. The summed E-state index contributed by atoms with van der Waals surface area (Å²) in [6.07, 6.45) is 3.81. The van der Waals surface area contributed by atoms with Crippen LogP contribution in [0.4, 0.5) is 4.39 Å². The SMILES string of the molecule is COC(=O)c1ccc(-c2c(C#CCCO)sc(-c3ccc(F)cc3)c2-c2ccncc2)cc1. The van der Waals surface area contributed by atoms with E-state index in [1.54, 1.807) is 36.7 Å². The van der Waals surface area contributed by atoms with Crippen LogP contribution in [0, 0.1) is 17.7 Å². The van der Waals surface area contributed by atoms with Crippen molar-refractivity contribution in [3.8, 4) is 44.5 Å². The van der Waals surface area contributed by atoms with Crippen LogP contribution in [0.2, 0.25) is 0 Å². The molecular weight excluding hydrogens is 437 g/mol. The summed E-state index contributed by atoms with van der Waals surface area (Å²) < 4.78 is 18.4. The number of carbonyl (C=O) groups is 1. The summed E-state index contributed by atoms with van der Waals surface area (Å²) in [5.41, 5.74) is 5.01. The number of pyridine rings is 1. The monoisotopic (exact) mass is 457 g/mol. The molecule has 33 heavy (non-hydrogen) atoms. The summed E-state index contributed by atoms with van der Waals surface area (Å²) in [5.74, 6) is 5.51. The molecular formula is C27H20FNO3S. The number of aromatic nitrogens is 1. The first-order valence-corrected chi connectivity index (χ1v) is 11.1. The Morgan fingerprint density at radius 2 is 1.61 bits per heavy atom. The first-order valence-electron chi connectivity index (χ1n) is 10.2. The molecule has 4 rings (SSSR count). The number of rotatable bonds is 5. The summed E-state index contributed by atoms with van der Waals surface area (Å²) in [6, 6.07) is 17.4. The molecule has 2 aromatic heterocycles. The Kier molecular flexibility index (Phi) is 6.94. The summed E-state index contributed by atoms with van der Waals surface area (Å²) in [5, 5.41) is 9.19. The highest BCUT2D eigenvalue weighted by Crippen LogP contribution is 2.47. The maximum absolute atomic E-state index is 13.6. The van der Waals surface area contributed by atoms with E-state index in [0.29, 0.717) is 12.0 Å². The first-order chi connectivity index (χ1) is 16.1. The predicted octanol–water partition coefficient (Wildman–Crippen LogP) is 5.80. The van der Waals surface area contributed by atoms with Gasteiger partial charge in [-0.1, -0.05) is 36.1 Å². The minimum atomic E-state index is -0.406. The largest absolute Gasteiger partial charge is 0.465 e. The quantitative estimate of drug-likeness (QED) is 0.304. The van der Waals surface area contributed by atoms with E-state index in [0.717, 1.165) is 37.6 Å². The molecule has 0 amide bonds. The Labute approximate surface area is 195 Å². The van der Waals surface area contributed by atoms with Crippen molar-refractivity contribution in [2.75, 3.05) is 13.7 Å². The molecule has 0 atom stereocenters. The van der Waals surface area contributed by atoms with Crippen molar-refractivity contribution in [3.63, 3.8) is 0 Å². The molecule has 0 saturated heterocycles. The second-order valence-corrected chi connectivity index (χ2v) is 8.12. The van der Waals surface area contributed by atoms with Gasteiger partial charge in [-0.2, -0.15) is 0 Å². The van der Waals surface area contributed by atoms with Crippen LogP contribution in [0.1, 0.15) is 21.7 Å². The van der Waals surface area contributed by atoms with Crippen LogP contribution < -0.4 is 0 Å². The van der Waals surface area contributed by atoms with E-state index in [1.165, 1.54) is 30.6 Å². The summed E-state index contributed by atoms with van der Waals surface area (Å²) in [7, 11) is 1.35. The van der Waals surface area contributed by atoms with Gasteiger partial charge in [0.25, 0.3) is 0 Å². The summed E-state index contributed by atoms with van der Waals surface area (Å²) in [6.45, 7) is -0.0242. The minimum absolute atomic E-state index is 0.0242. The Balaban J connectivity index is 1.99. The lowest BCUT2D eigenvalue weighted by Gasteiger charge is -2.10. The maximum Gasteiger partial charge on any atom is 0.337 e. The molecule has 0 aliphatic rings. The van der Waals surface area contributed by atoms with Crippen molar-refractivity contribution in [1.82, 2.24) is 4.98 Å². The summed E-state index contributed by atoms with van der Waals surface area (Å²) >= 11 is 1.51.